The normalized spacial score (nSPS) is 25.0. The molecule has 1 fully saturated rings. The van der Waals surface area contributed by atoms with Gasteiger partial charge in [0.15, 0.2) is 0 Å². The lowest BCUT2D eigenvalue weighted by Crippen LogP contribution is -2.48. The summed E-state index contributed by atoms with van der Waals surface area (Å²) in [5.41, 5.74) is 1.08. The molecular formula is C13H20N8O. The monoisotopic (exact) mass is 304 g/mol. The van der Waals surface area contributed by atoms with Gasteiger partial charge in [-0.25, -0.2) is 9.36 Å². The van der Waals surface area contributed by atoms with Gasteiger partial charge >= 0.3 is 0 Å². The van der Waals surface area contributed by atoms with Crippen molar-refractivity contribution >= 4 is 0 Å². The van der Waals surface area contributed by atoms with Crippen LogP contribution in [0.2, 0.25) is 0 Å². The number of nitrogens with zero attached hydrogens (tertiary/aromatic N) is 8. The first-order valence-electron chi connectivity index (χ1n) is 7.77. The average molecular weight is 304 g/mol. The fourth-order valence-electron chi connectivity index (χ4n) is 3.35. The van der Waals surface area contributed by atoms with Crippen LogP contribution >= 0.6 is 0 Å². The maximum absolute atomic E-state index is 5.94. The highest BCUT2D eigenvalue weighted by Crippen LogP contribution is 2.29. The Hall–Kier alpha value is -1.87. The number of aryl methyl sites for hydroxylation is 2. The van der Waals surface area contributed by atoms with Crippen LogP contribution in [-0.2, 0) is 17.9 Å². The Morgan fingerprint density at radius 3 is 3.14 bits per heavy atom. The molecule has 4 rings (SSSR count). The SMILES string of the molecule is Cc1nnnn1CCCN1CC[C@@H]2OCc3cnnn3[C@@H]2C1. The van der Waals surface area contributed by atoms with Crippen LogP contribution in [-0.4, -0.2) is 65.8 Å². The Bertz CT molecular complexity index is 638. The van der Waals surface area contributed by atoms with Gasteiger partial charge < -0.3 is 9.64 Å². The fraction of sp³-hybridized carbons (Fsp3) is 0.769. The number of likely N-dealkylation sites (tertiary alicyclic amines) is 1. The van der Waals surface area contributed by atoms with E-state index in [2.05, 4.69) is 30.7 Å². The average Bonchev–Trinajstić information content (AvgIpc) is 3.16. The van der Waals surface area contributed by atoms with Crippen molar-refractivity contribution in [3.8, 4) is 0 Å². The van der Waals surface area contributed by atoms with Crippen molar-refractivity contribution in [3.63, 3.8) is 0 Å². The minimum Gasteiger partial charge on any atom is -0.370 e. The molecule has 0 amide bonds. The molecule has 4 heterocycles. The van der Waals surface area contributed by atoms with Gasteiger partial charge in [0.2, 0.25) is 0 Å². The Morgan fingerprint density at radius 1 is 1.32 bits per heavy atom. The van der Waals surface area contributed by atoms with Crippen LogP contribution in [0.1, 0.15) is 30.4 Å². The summed E-state index contributed by atoms with van der Waals surface area (Å²) in [5.74, 6) is 0.867. The first-order valence-corrected chi connectivity index (χ1v) is 7.77. The highest BCUT2D eigenvalue weighted by atomic mass is 16.5. The van der Waals surface area contributed by atoms with Crippen molar-refractivity contribution in [2.45, 2.75) is 45.1 Å². The molecule has 9 nitrogen and oxygen atoms in total. The molecule has 0 aliphatic carbocycles. The molecule has 2 aliphatic rings. The zero-order valence-corrected chi connectivity index (χ0v) is 12.7. The third-order valence-corrected chi connectivity index (χ3v) is 4.57. The summed E-state index contributed by atoms with van der Waals surface area (Å²) in [6.45, 7) is 6.49. The molecule has 0 N–H and O–H groups in total. The first kappa shape index (κ1) is 13.8. The number of tetrazole rings is 1. The number of rotatable bonds is 4. The van der Waals surface area contributed by atoms with Gasteiger partial charge in [0.1, 0.15) is 5.82 Å². The van der Waals surface area contributed by atoms with Crippen LogP contribution < -0.4 is 0 Å². The van der Waals surface area contributed by atoms with Crippen LogP contribution in [0, 0.1) is 6.92 Å². The Morgan fingerprint density at radius 2 is 2.27 bits per heavy atom. The maximum atomic E-state index is 5.94. The van der Waals surface area contributed by atoms with E-state index in [4.69, 9.17) is 4.74 Å². The second-order valence-electron chi connectivity index (χ2n) is 5.98. The van der Waals surface area contributed by atoms with E-state index in [-0.39, 0.29) is 12.1 Å². The molecular weight excluding hydrogens is 284 g/mol. The third kappa shape index (κ3) is 2.50. The second kappa shape index (κ2) is 5.73. The lowest BCUT2D eigenvalue weighted by atomic mass is 10.0. The number of piperidine rings is 1. The van der Waals surface area contributed by atoms with E-state index < -0.39 is 0 Å². The van der Waals surface area contributed by atoms with E-state index in [9.17, 15) is 0 Å². The Kier molecular flexibility index (Phi) is 3.59. The van der Waals surface area contributed by atoms with Gasteiger partial charge in [-0.3, -0.25) is 0 Å². The van der Waals surface area contributed by atoms with Gasteiger partial charge in [-0.2, -0.15) is 0 Å². The molecule has 2 aliphatic heterocycles. The minimum absolute atomic E-state index is 0.271. The van der Waals surface area contributed by atoms with E-state index in [1.54, 1.807) is 6.20 Å². The summed E-state index contributed by atoms with van der Waals surface area (Å²) < 4.78 is 9.84. The van der Waals surface area contributed by atoms with Crippen LogP contribution in [0.25, 0.3) is 0 Å². The van der Waals surface area contributed by atoms with Crippen molar-refractivity contribution in [2.75, 3.05) is 19.6 Å². The van der Waals surface area contributed by atoms with Crippen LogP contribution in [0.15, 0.2) is 6.20 Å². The summed E-state index contributed by atoms with van der Waals surface area (Å²) in [4.78, 5) is 2.47. The molecule has 0 saturated carbocycles. The largest absolute Gasteiger partial charge is 0.370 e. The quantitative estimate of drug-likeness (QED) is 0.773. The van der Waals surface area contributed by atoms with Crippen LogP contribution in [0.3, 0.4) is 0 Å². The highest BCUT2D eigenvalue weighted by Gasteiger charge is 2.36. The molecule has 2 aromatic heterocycles. The van der Waals surface area contributed by atoms with Gasteiger partial charge in [-0.1, -0.05) is 5.21 Å². The minimum atomic E-state index is 0.271. The number of hydrogen-bond acceptors (Lipinski definition) is 7. The topological polar surface area (TPSA) is 86.8 Å². The van der Waals surface area contributed by atoms with E-state index >= 15 is 0 Å². The van der Waals surface area contributed by atoms with Crippen molar-refractivity contribution in [1.82, 2.24) is 40.1 Å². The van der Waals surface area contributed by atoms with E-state index in [0.29, 0.717) is 6.61 Å². The molecule has 0 radical (unpaired) electrons. The van der Waals surface area contributed by atoms with Crippen LogP contribution in [0.4, 0.5) is 0 Å². The number of hydrogen-bond donors (Lipinski definition) is 0. The molecule has 2 aromatic rings. The number of fused-ring (bicyclic) bond motifs is 3. The van der Waals surface area contributed by atoms with Gasteiger partial charge in [-0.05, 0) is 36.7 Å². The number of ether oxygens (including phenoxy) is 1. The van der Waals surface area contributed by atoms with Crippen molar-refractivity contribution in [1.29, 1.82) is 0 Å². The number of aromatic nitrogens is 7. The third-order valence-electron chi connectivity index (χ3n) is 4.57. The molecule has 2 atom stereocenters. The molecule has 118 valence electrons. The molecule has 0 bridgehead atoms. The lowest BCUT2D eigenvalue weighted by Gasteiger charge is -2.41. The summed E-state index contributed by atoms with van der Waals surface area (Å²) in [5, 5.41) is 19.8. The molecule has 0 unspecified atom stereocenters. The Labute approximate surface area is 128 Å². The smallest absolute Gasteiger partial charge is 0.148 e. The Balaban J connectivity index is 1.35. The van der Waals surface area contributed by atoms with Gasteiger partial charge in [0.05, 0.1) is 30.6 Å². The highest BCUT2D eigenvalue weighted by molar-refractivity contribution is 5.01. The standard InChI is InChI=1S/C13H20N8O/c1-10-15-16-18-20(10)5-2-4-19-6-3-13-12(8-19)21-11(9-22-13)7-14-17-21/h7,12-13H,2-6,8-9H2,1H3/t12-,13+/m1/s1. The van der Waals surface area contributed by atoms with Gasteiger partial charge in [0.25, 0.3) is 0 Å². The summed E-state index contributed by atoms with van der Waals surface area (Å²) >= 11 is 0. The van der Waals surface area contributed by atoms with Gasteiger partial charge in [0, 0.05) is 19.6 Å². The first-order chi connectivity index (χ1) is 10.8. The maximum Gasteiger partial charge on any atom is 0.148 e. The summed E-state index contributed by atoms with van der Waals surface area (Å²) in [7, 11) is 0. The predicted molar refractivity (Wildman–Crippen MR) is 75.9 cm³/mol. The summed E-state index contributed by atoms with van der Waals surface area (Å²) in [6.07, 6.45) is 4.16. The molecule has 0 spiro atoms. The van der Waals surface area contributed by atoms with E-state index in [1.807, 2.05) is 16.3 Å². The lowest BCUT2D eigenvalue weighted by molar-refractivity contribution is -0.0658. The van der Waals surface area contributed by atoms with Gasteiger partial charge in [-0.15, -0.1) is 10.2 Å². The zero-order chi connectivity index (χ0) is 14.9. The predicted octanol–water partition coefficient (Wildman–Crippen LogP) is -0.191. The summed E-state index contributed by atoms with van der Waals surface area (Å²) in [6, 6.07) is 0.287. The molecule has 1 saturated heterocycles. The van der Waals surface area contributed by atoms with Crippen LogP contribution in [0.5, 0.6) is 0 Å². The van der Waals surface area contributed by atoms with Crippen molar-refractivity contribution in [2.24, 2.45) is 0 Å². The van der Waals surface area contributed by atoms with Crippen molar-refractivity contribution in [3.05, 3.63) is 17.7 Å². The molecule has 0 aromatic carbocycles. The van der Waals surface area contributed by atoms with E-state index in [1.165, 1.54) is 0 Å². The fourth-order valence-corrected chi connectivity index (χ4v) is 3.35. The zero-order valence-electron chi connectivity index (χ0n) is 12.7. The molecule has 22 heavy (non-hydrogen) atoms. The second-order valence-corrected chi connectivity index (χ2v) is 5.98. The van der Waals surface area contributed by atoms with E-state index in [0.717, 1.165) is 50.5 Å². The van der Waals surface area contributed by atoms with Crippen molar-refractivity contribution < 1.29 is 4.74 Å². The molecule has 9 heteroatoms.